The molecule has 6 nitrogen and oxygen atoms in total. The largest absolute Gasteiger partial charge is 0.454 e. The fourth-order valence-corrected chi connectivity index (χ4v) is 5.06. The van der Waals surface area contributed by atoms with Gasteiger partial charge in [0.15, 0.2) is 11.5 Å². The summed E-state index contributed by atoms with van der Waals surface area (Å²) in [6.45, 7) is 5.95. The summed E-state index contributed by atoms with van der Waals surface area (Å²) in [6, 6.07) is 13.6. The molecule has 0 bridgehead atoms. The molecule has 0 aliphatic carbocycles. The molecule has 3 aliphatic rings. The molecule has 6 heteroatoms. The quantitative estimate of drug-likeness (QED) is 0.788. The van der Waals surface area contributed by atoms with E-state index in [1.54, 1.807) is 25.1 Å². The summed E-state index contributed by atoms with van der Waals surface area (Å²) in [5.74, 6) is 1.95. The molecule has 5 rings (SSSR count). The van der Waals surface area contributed by atoms with Crippen LogP contribution in [0.2, 0.25) is 0 Å². The van der Waals surface area contributed by atoms with E-state index >= 15 is 0 Å². The van der Waals surface area contributed by atoms with Crippen molar-refractivity contribution in [3.05, 3.63) is 59.2 Å². The van der Waals surface area contributed by atoms with Crippen LogP contribution in [-0.2, 0) is 4.79 Å². The van der Waals surface area contributed by atoms with Gasteiger partial charge in [0.2, 0.25) is 12.7 Å². The highest BCUT2D eigenvalue weighted by Crippen LogP contribution is 2.46. The number of hydrogen-bond donors (Lipinski definition) is 0. The number of carbonyl (C=O) groups is 2. The molecule has 0 unspecified atom stereocenters. The number of benzene rings is 2. The van der Waals surface area contributed by atoms with Crippen molar-refractivity contribution in [3.63, 3.8) is 0 Å². The molecule has 2 saturated heterocycles. The SMILES string of the molecule is CC(=O)N1C[C@H]2CN(C(=O)c3ccc4c(c3)OCO4)C[C@H]2[C@H]1c1ccccc1C. The van der Waals surface area contributed by atoms with E-state index in [0.29, 0.717) is 42.6 Å². The highest BCUT2D eigenvalue weighted by molar-refractivity contribution is 5.95. The van der Waals surface area contributed by atoms with Crippen molar-refractivity contribution in [3.8, 4) is 11.5 Å². The van der Waals surface area contributed by atoms with Gasteiger partial charge in [0.05, 0.1) is 6.04 Å². The molecule has 2 fully saturated rings. The lowest BCUT2D eigenvalue weighted by Gasteiger charge is -2.30. The average molecular weight is 392 g/mol. The van der Waals surface area contributed by atoms with Gasteiger partial charge in [-0.25, -0.2) is 0 Å². The average Bonchev–Trinajstić information content (AvgIpc) is 3.41. The number of nitrogens with zero attached hydrogens (tertiary/aromatic N) is 2. The van der Waals surface area contributed by atoms with Gasteiger partial charge in [-0.15, -0.1) is 0 Å². The van der Waals surface area contributed by atoms with Crippen LogP contribution in [0.25, 0.3) is 0 Å². The summed E-state index contributed by atoms with van der Waals surface area (Å²) in [5.41, 5.74) is 2.99. The molecule has 2 aromatic carbocycles. The first-order valence-corrected chi connectivity index (χ1v) is 10.0. The van der Waals surface area contributed by atoms with Gasteiger partial charge in [0.1, 0.15) is 0 Å². The smallest absolute Gasteiger partial charge is 0.254 e. The van der Waals surface area contributed by atoms with Crippen LogP contribution >= 0.6 is 0 Å². The van der Waals surface area contributed by atoms with Gasteiger partial charge >= 0.3 is 0 Å². The molecule has 0 spiro atoms. The number of aryl methyl sites for hydroxylation is 1. The second-order valence-corrected chi connectivity index (χ2v) is 8.17. The summed E-state index contributed by atoms with van der Waals surface area (Å²) < 4.78 is 10.8. The molecule has 29 heavy (non-hydrogen) atoms. The van der Waals surface area contributed by atoms with Crippen LogP contribution in [0.3, 0.4) is 0 Å². The van der Waals surface area contributed by atoms with Gasteiger partial charge in [-0.2, -0.15) is 0 Å². The summed E-state index contributed by atoms with van der Waals surface area (Å²) in [6.07, 6.45) is 0. The standard InChI is InChI=1S/C23H24N2O4/c1-14-5-3-4-6-18(14)22-19-12-24(10-17(19)11-25(22)15(2)26)23(27)16-7-8-20-21(9-16)29-13-28-20/h3-9,17,19,22H,10-13H2,1-2H3/t17-,19-,22-/m1/s1. The summed E-state index contributed by atoms with van der Waals surface area (Å²) in [7, 11) is 0. The van der Waals surface area contributed by atoms with Gasteiger partial charge in [0.25, 0.3) is 5.91 Å². The Bertz CT molecular complexity index is 989. The van der Waals surface area contributed by atoms with Gasteiger partial charge in [-0.05, 0) is 36.2 Å². The number of ether oxygens (including phenoxy) is 2. The Hall–Kier alpha value is -3.02. The minimum Gasteiger partial charge on any atom is -0.454 e. The van der Waals surface area contributed by atoms with Gasteiger partial charge < -0.3 is 19.3 Å². The summed E-state index contributed by atoms with van der Waals surface area (Å²) in [4.78, 5) is 29.4. The van der Waals surface area contributed by atoms with Crippen molar-refractivity contribution in [1.29, 1.82) is 0 Å². The molecule has 3 heterocycles. The number of amides is 2. The zero-order valence-electron chi connectivity index (χ0n) is 16.6. The van der Waals surface area contributed by atoms with Crippen LogP contribution in [0.1, 0.15) is 34.5 Å². The zero-order valence-corrected chi connectivity index (χ0v) is 16.6. The molecule has 2 aromatic rings. The summed E-state index contributed by atoms with van der Waals surface area (Å²) >= 11 is 0. The van der Waals surface area contributed by atoms with E-state index < -0.39 is 0 Å². The van der Waals surface area contributed by atoms with Crippen LogP contribution in [-0.4, -0.2) is 48.0 Å². The maximum atomic E-state index is 13.2. The Kier molecular flexibility index (Phi) is 4.23. The number of hydrogen-bond acceptors (Lipinski definition) is 4. The van der Waals surface area contributed by atoms with Crippen LogP contribution < -0.4 is 9.47 Å². The van der Waals surface area contributed by atoms with E-state index in [2.05, 4.69) is 19.1 Å². The molecule has 0 radical (unpaired) electrons. The van der Waals surface area contributed by atoms with Crippen molar-refractivity contribution >= 4 is 11.8 Å². The van der Waals surface area contributed by atoms with Crippen LogP contribution in [0.4, 0.5) is 0 Å². The third-order valence-electron chi connectivity index (χ3n) is 6.48. The van der Waals surface area contributed by atoms with E-state index in [9.17, 15) is 9.59 Å². The fourth-order valence-electron chi connectivity index (χ4n) is 5.06. The van der Waals surface area contributed by atoms with Crippen molar-refractivity contribution in [1.82, 2.24) is 9.80 Å². The Morgan fingerprint density at radius 2 is 1.79 bits per heavy atom. The summed E-state index contributed by atoms with van der Waals surface area (Å²) in [5, 5.41) is 0. The normalized spacial score (nSPS) is 24.7. The Morgan fingerprint density at radius 3 is 2.59 bits per heavy atom. The van der Waals surface area contributed by atoms with Crippen molar-refractivity contribution in [2.75, 3.05) is 26.4 Å². The Balaban J connectivity index is 1.41. The predicted octanol–water partition coefficient (Wildman–Crippen LogP) is 3.02. The maximum absolute atomic E-state index is 13.2. The van der Waals surface area contributed by atoms with Gasteiger partial charge in [0, 0.05) is 44.0 Å². The monoisotopic (exact) mass is 392 g/mol. The first kappa shape index (κ1) is 18.0. The minimum atomic E-state index is 0.00982. The molecule has 3 atom stereocenters. The first-order chi connectivity index (χ1) is 14.0. The van der Waals surface area contributed by atoms with E-state index in [-0.39, 0.29) is 30.6 Å². The van der Waals surface area contributed by atoms with Gasteiger partial charge in [-0.1, -0.05) is 24.3 Å². The molecule has 0 aromatic heterocycles. The number of likely N-dealkylation sites (tertiary alicyclic amines) is 2. The lowest BCUT2D eigenvalue weighted by molar-refractivity contribution is -0.130. The third kappa shape index (κ3) is 2.94. The fraction of sp³-hybridized carbons (Fsp3) is 0.391. The second kappa shape index (κ2) is 6.79. The van der Waals surface area contributed by atoms with Crippen molar-refractivity contribution in [2.24, 2.45) is 11.8 Å². The molecule has 150 valence electrons. The third-order valence-corrected chi connectivity index (χ3v) is 6.48. The number of rotatable bonds is 2. The maximum Gasteiger partial charge on any atom is 0.254 e. The van der Waals surface area contributed by atoms with E-state index in [1.165, 1.54) is 11.1 Å². The van der Waals surface area contributed by atoms with E-state index in [0.717, 1.165) is 0 Å². The van der Waals surface area contributed by atoms with Crippen molar-refractivity contribution < 1.29 is 19.1 Å². The predicted molar refractivity (Wildman–Crippen MR) is 107 cm³/mol. The zero-order chi connectivity index (χ0) is 20.1. The minimum absolute atomic E-state index is 0.00982. The molecular weight excluding hydrogens is 368 g/mol. The van der Waals surface area contributed by atoms with Gasteiger partial charge in [-0.3, -0.25) is 9.59 Å². The Morgan fingerprint density at radius 1 is 1.00 bits per heavy atom. The Labute approximate surface area is 170 Å². The molecule has 0 saturated carbocycles. The lowest BCUT2D eigenvalue weighted by atomic mass is 9.87. The van der Waals surface area contributed by atoms with Crippen LogP contribution in [0, 0.1) is 18.8 Å². The molecule has 2 amide bonds. The molecule has 0 N–H and O–H groups in total. The topological polar surface area (TPSA) is 59.1 Å². The van der Waals surface area contributed by atoms with Crippen LogP contribution in [0.5, 0.6) is 11.5 Å². The van der Waals surface area contributed by atoms with Crippen molar-refractivity contribution in [2.45, 2.75) is 19.9 Å². The lowest BCUT2D eigenvalue weighted by Crippen LogP contribution is -2.36. The molecular formula is C23H24N2O4. The van der Waals surface area contributed by atoms with Crippen LogP contribution in [0.15, 0.2) is 42.5 Å². The second-order valence-electron chi connectivity index (χ2n) is 8.17. The highest BCUT2D eigenvalue weighted by atomic mass is 16.7. The number of carbonyl (C=O) groups excluding carboxylic acids is 2. The van der Waals surface area contributed by atoms with E-state index in [1.807, 2.05) is 21.9 Å². The first-order valence-electron chi connectivity index (χ1n) is 10.0. The van der Waals surface area contributed by atoms with E-state index in [4.69, 9.17) is 9.47 Å². The molecule has 3 aliphatic heterocycles. The number of fused-ring (bicyclic) bond motifs is 2. The highest BCUT2D eigenvalue weighted by Gasteiger charge is 2.49.